The second kappa shape index (κ2) is 7.34. The summed E-state index contributed by atoms with van der Waals surface area (Å²) in [6.45, 7) is 3.82. The van der Waals surface area contributed by atoms with Gasteiger partial charge in [0.25, 0.3) is 5.91 Å². The fourth-order valence-electron chi connectivity index (χ4n) is 2.95. The average molecular weight is 335 g/mol. The highest BCUT2D eigenvalue weighted by atomic mass is 16.5. The molecule has 25 heavy (non-hydrogen) atoms. The molecular weight excluding hydrogens is 314 g/mol. The number of carbonyl (C=O) groups excluding carboxylic acids is 2. The highest BCUT2D eigenvalue weighted by Gasteiger charge is 2.33. The molecule has 2 aromatic carbocycles. The fraction of sp³-hybridized carbons (Fsp3) is 0.238. The van der Waals surface area contributed by atoms with Gasteiger partial charge < -0.3 is 4.74 Å². The topological polar surface area (TPSA) is 55.4 Å². The van der Waals surface area contributed by atoms with Gasteiger partial charge in [0.05, 0.1) is 5.92 Å². The van der Waals surface area contributed by atoms with E-state index in [9.17, 15) is 9.59 Å². The molecule has 0 aliphatic carbocycles. The largest absolute Gasteiger partial charge is 0.465 e. The Kier molecular flexibility index (Phi) is 4.98. The maximum atomic E-state index is 13.0. The van der Waals surface area contributed by atoms with Crippen molar-refractivity contribution in [3.8, 4) is 0 Å². The van der Waals surface area contributed by atoms with Gasteiger partial charge in [-0.2, -0.15) is 0 Å². The van der Waals surface area contributed by atoms with E-state index < -0.39 is 12.0 Å². The van der Waals surface area contributed by atoms with Crippen LogP contribution in [0.15, 0.2) is 72.6 Å². The zero-order valence-electron chi connectivity index (χ0n) is 14.3. The van der Waals surface area contributed by atoms with Gasteiger partial charge in [-0.3, -0.25) is 14.9 Å². The van der Waals surface area contributed by atoms with E-state index in [4.69, 9.17) is 4.74 Å². The van der Waals surface area contributed by atoms with Gasteiger partial charge in [-0.05, 0) is 17.0 Å². The SMILES string of the molecule is CC(C)C1O/C(=C/C(=O)C(c2ccccc2)c2ccccc2)NC1=O. The molecular formula is C21H21NO3. The zero-order chi connectivity index (χ0) is 17.8. The fourth-order valence-corrected chi connectivity index (χ4v) is 2.95. The predicted molar refractivity (Wildman–Crippen MR) is 95.7 cm³/mol. The Bertz CT molecular complexity index is 742. The first-order valence-electron chi connectivity index (χ1n) is 8.39. The maximum absolute atomic E-state index is 13.0. The highest BCUT2D eigenvalue weighted by Crippen LogP contribution is 2.27. The second-order valence-corrected chi connectivity index (χ2v) is 6.44. The minimum Gasteiger partial charge on any atom is -0.465 e. The standard InChI is InChI=1S/C21H21NO3/c1-14(2)20-21(24)22-18(25-20)13-17(23)19(15-9-5-3-6-10-15)16-11-7-4-8-12-16/h3-14,19-20H,1-2H3,(H,22,24)/b18-13+. The van der Waals surface area contributed by atoms with Gasteiger partial charge in [0, 0.05) is 6.08 Å². The third-order valence-electron chi connectivity index (χ3n) is 4.19. The van der Waals surface area contributed by atoms with Gasteiger partial charge in [0.1, 0.15) is 0 Å². The van der Waals surface area contributed by atoms with Crippen molar-refractivity contribution in [2.24, 2.45) is 5.92 Å². The number of benzene rings is 2. The molecule has 1 aliphatic rings. The third kappa shape index (κ3) is 3.79. The average Bonchev–Trinajstić information content (AvgIpc) is 2.97. The van der Waals surface area contributed by atoms with E-state index in [2.05, 4.69) is 5.32 Å². The number of allylic oxidation sites excluding steroid dienone is 1. The Hall–Kier alpha value is -2.88. The molecule has 1 aliphatic heterocycles. The van der Waals surface area contributed by atoms with Crippen molar-refractivity contribution in [3.63, 3.8) is 0 Å². The van der Waals surface area contributed by atoms with Crippen LogP contribution in [0.25, 0.3) is 0 Å². The molecule has 0 spiro atoms. The third-order valence-corrected chi connectivity index (χ3v) is 4.19. The Labute approximate surface area is 147 Å². The van der Waals surface area contributed by atoms with Crippen LogP contribution in [-0.2, 0) is 14.3 Å². The van der Waals surface area contributed by atoms with Crippen molar-refractivity contribution < 1.29 is 14.3 Å². The van der Waals surface area contributed by atoms with Gasteiger partial charge in [-0.1, -0.05) is 74.5 Å². The van der Waals surface area contributed by atoms with E-state index in [0.717, 1.165) is 11.1 Å². The van der Waals surface area contributed by atoms with Gasteiger partial charge in [-0.15, -0.1) is 0 Å². The molecule has 1 atom stereocenters. The molecule has 2 aromatic rings. The van der Waals surface area contributed by atoms with Crippen molar-refractivity contribution in [2.45, 2.75) is 25.9 Å². The highest BCUT2D eigenvalue weighted by molar-refractivity contribution is 5.99. The number of nitrogens with one attached hydrogen (secondary N) is 1. The van der Waals surface area contributed by atoms with Crippen LogP contribution in [0, 0.1) is 5.92 Å². The molecule has 4 nitrogen and oxygen atoms in total. The van der Waals surface area contributed by atoms with Crippen LogP contribution in [0.1, 0.15) is 30.9 Å². The van der Waals surface area contributed by atoms with Crippen LogP contribution in [-0.4, -0.2) is 17.8 Å². The van der Waals surface area contributed by atoms with Crippen LogP contribution >= 0.6 is 0 Å². The molecule has 1 N–H and O–H groups in total. The predicted octanol–water partition coefficient (Wildman–Crippen LogP) is 3.40. The van der Waals surface area contributed by atoms with Crippen molar-refractivity contribution in [1.82, 2.24) is 5.32 Å². The van der Waals surface area contributed by atoms with Crippen molar-refractivity contribution >= 4 is 11.7 Å². The Balaban J connectivity index is 1.91. The first-order chi connectivity index (χ1) is 12.1. The Morgan fingerprint density at radius 3 is 1.96 bits per heavy atom. The summed E-state index contributed by atoms with van der Waals surface area (Å²) < 4.78 is 5.61. The Morgan fingerprint density at radius 1 is 1.00 bits per heavy atom. The van der Waals surface area contributed by atoms with Crippen LogP contribution < -0.4 is 5.32 Å². The molecule has 4 heteroatoms. The summed E-state index contributed by atoms with van der Waals surface area (Å²) in [4.78, 5) is 24.9. The molecule has 1 saturated heterocycles. The number of carbonyl (C=O) groups is 2. The molecule has 0 aromatic heterocycles. The number of amides is 1. The summed E-state index contributed by atoms with van der Waals surface area (Å²) in [5.41, 5.74) is 1.81. The first-order valence-corrected chi connectivity index (χ1v) is 8.39. The van der Waals surface area contributed by atoms with Crippen LogP contribution in [0.3, 0.4) is 0 Å². The maximum Gasteiger partial charge on any atom is 0.268 e. The lowest BCUT2D eigenvalue weighted by Crippen LogP contribution is -2.27. The monoisotopic (exact) mass is 335 g/mol. The number of hydrogen-bond acceptors (Lipinski definition) is 3. The Morgan fingerprint density at radius 2 is 1.52 bits per heavy atom. The first kappa shape index (κ1) is 17.0. The normalized spacial score (nSPS) is 18.5. The van der Waals surface area contributed by atoms with Gasteiger partial charge in [0.15, 0.2) is 17.8 Å². The van der Waals surface area contributed by atoms with Gasteiger partial charge >= 0.3 is 0 Å². The lowest BCUT2D eigenvalue weighted by Gasteiger charge is -2.15. The molecule has 3 rings (SSSR count). The molecule has 1 amide bonds. The van der Waals surface area contributed by atoms with E-state index in [1.807, 2.05) is 74.5 Å². The van der Waals surface area contributed by atoms with Gasteiger partial charge in [0.2, 0.25) is 0 Å². The number of ketones is 1. The second-order valence-electron chi connectivity index (χ2n) is 6.44. The van der Waals surface area contributed by atoms with Crippen molar-refractivity contribution in [2.75, 3.05) is 0 Å². The van der Waals surface area contributed by atoms with E-state index in [1.54, 1.807) is 0 Å². The van der Waals surface area contributed by atoms with E-state index in [-0.39, 0.29) is 23.5 Å². The summed E-state index contributed by atoms with van der Waals surface area (Å²) in [6, 6.07) is 19.2. The molecule has 1 unspecified atom stereocenters. The molecule has 1 fully saturated rings. The van der Waals surface area contributed by atoms with Crippen LogP contribution in [0.4, 0.5) is 0 Å². The number of rotatable bonds is 5. The molecule has 128 valence electrons. The quantitative estimate of drug-likeness (QED) is 0.852. The molecule has 0 radical (unpaired) electrons. The summed E-state index contributed by atoms with van der Waals surface area (Å²) in [5.74, 6) is -0.499. The number of hydrogen-bond donors (Lipinski definition) is 1. The molecule has 0 bridgehead atoms. The van der Waals surface area contributed by atoms with Gasteiger partial charge in [-0.25, -0.2) is 0 Å². The van der Waals surface area contributed by atoms with Crippen molar-refractivity contribution in [1.29, 1.82) is 0 Å². The zero-order valence-corrected chi connectivity index (χ0v) is 14.3. The summed E-state index contributed by atoms with van der Waals surface area (Å²) >= 11 is 0. The van der Waals surface area contributed by atoms with Crippen LogP contribution in [0.2, 0.25) is 0 Å². The molecule has 0 saturated carbocycles. The van der Waals surface area contributed by atoms with Crippen LogP contribution in [0.5, 0.6) is 0 Å². The van der Waals surface area contributed by atoms with E-state index in [0.29, 0.717) is 0 Å². The van der Waals surface area contributed by atoms with E-state index in [1.165, 1.54) is 6.08 Å². The smallest absolute Gasteiger partial charge is 0.268 e. The summed E-state index contributed by atoms with van der Waals surface area (Å²) in [5, 5.41) is 2.65. The summed E-state index contributed by atoms with van der Waals surface area (Å²) in [7, 11) is 0. The lowest BCUT2D eigenvalue weighted by atomic mass is 9.87. The lowest BCUT2D eigenvalue weighted by molar-refractivity contribution is -0.125. The van der Waals surface area contributed by atoms with Crippen molar-refractivity contribution in [3.05, 3.63) is 83.7 Å². The minimum atomic E-state index is -0.550. The minimum absolute atomic E-state index is 0.0417. The summed E-state index contributed by atoms with van der Waals surface area (Å²) in [6.07, 6.45) is 0.844. The van der Waals surface area contributed by atoms with E-state index >= 15 is 0 Å². The number of ether oxygens (including phenoxy) is 1. The molecule has 1 heterocycles.